The molecule has 2 aromatic heterocycles. The average molecular weight is 1480 g/mol. The Morgan fingerprint density at radius 3 is 0.648 bits per heavy atom. The van der Waals surface area contributed by atoms with Crippen molar-refractivity contribution in [1.29, 1.82) is 0 Å². The molecule has 108 heavy (non-hydrogen) atoms. The molecule has 6 N–H and O–H groups in total. The van der Waals surface area contributed by atoms with Crippen molar-refractivity contribution in [3.8, 4) is 90.8 Å². The zero-order valence-electron chi connectivity index (χ0n) is 66.6. The maximum Gasteiger partial charge on any atom is 0.257 e. The van der Waals surface area contributed by atoms with E-state index in [9.17, 15) is 19.2 Å². The zero-order chi connectivity index (χ0) is 76.1. The Kier molecular flexibility index (Phi) is 43.6. The van der Waals surface area contributed by atoms with Crippen LogP contribution in [0.1, 0.15) is 285 Å². The van der Waals surface area contributed by atoms with Gasteiger partial charge in [0.05, 0.1) is 22.8 Å². The van der Waals surface area contributed by atoms with Crippen LogP contribution in [-0.4, -0.2) is 96.2 Å². The number of benzene rings is 5. The van der Waals surface area contributed by atoms with Crippen molar-refractivity contribution in [3.63, 3.8) is 0 Å². The quantitative estimate of drug-likeness (QED) is 0.0199. The van der Waals surface area contributed by atoms with E-state index in [-0.39, 0.29) is 50.1 Å². The molecule has 0 spiro atoms. The number of amides is 4. The maximum absolute atomic E-state index is 12.9. The van der Waals surface area contributed by atoms with Gasteiger partial charge in [-0.15, -0.1) is 0 Å². The number of hydrogen-bond donors (Lipinski definition) is 6. The summed E-state index contributed by atoms with van der Waals surface area (Å²) in [5, 5.41) is 12.1. The van der Waals surface area contributed by atoms with Gasteiger partial charge in [-0.05, 0) is 123 Å². The molecule has 0 saturated carbocycles. The molecule has 0 fully saturated rings. The van der Waals surface area contributed by atoms with E-state index in [0.29, 0.717) is 72.2 Å². The first-order valence-corrected chi connectivity index (χ1v) is 42.4. The van der Waals surface area contributed by atoms with Crippen LogP contribution in [0, 0.1) is 0 Å². The van der Waals surface area contributed by atoms with Crippen LogP contribution in [0.2, 0.25) is 0 Å². The minimum Gasteiger partial charge on any atom is -0.484 e. The first-order chi connectivity index (χ1) is 53.1. The number of rotatable bonds is 62. The first-order valence-electron chi connectivity index (χ1n) is 42.4. The van der Waals surface area contributed by atoms with Crippen molar-refractivity contribution < 1.29 is 38.1 Å². The van der Waals surface area contributed by atoms with Crippen molar-refractivity contribution in [2.24, 2.45) is 0 Å². The van der Waals surface area contributed by atoms with Crippen LogP contribution in [-0.2, 0) is 19.2 Å². The SMILES string of the molecule is CCCCCCCCCCCCNC(=O)COc1ccc(-c2nc(-c3ccc(-c4nc(-c5ccc(OCC(=O)NCCCCCCCCCCCC)cc5)c(-c5ccc(OCC(=O)NCCCCCCCCCCCC)cc5)[nH]4)cc3)[nH]c2-c2ccc(OCC(=O)NCCCCCCCCCCCC)cc2)cc1. The molecule has 590 valence electrons. The van der Waals surface area contributed by atoms with E-state index in [4.69, 9.17) is 28.9 Å². The summed E-state index contributed by atoms with van der Waals surface area (Å²) in [6.07, 6.45) is 49.7. The lowest BCUT2D eigenvalue weighted by Gasteiger charge is -2.10. The fourth-order valence-electron chi connectivity index (χ4n) is 13.7. The molecule has 7 rings (SSSR count). The third kappa shape index (κ3) is 34.9. The maximum atomic E-state index is 12.9. The average Bonchev–Trinajstić information content (AvgIpc) is 1.64. The third-order valence-electron chi connectivity index (χ3n) is 20.3. The molecule has 0 aliphatic rings. The Bertz CT molecular complexity index is 3090. The van der Waals surface area contributed by atoms with E-state index in [2.05, 4.69) is 58.9 Å². The van der Waals surface area contributed by atoms with Gasteiger partial charge >= 0.3 is 0 Å². The lowest BCUT2D eigenvalue weighted by Crippen LogP contribution is -2.29. The van der Waals surface area contributed by atoms with Gasteiger partial charge in [-0.2, -0.15) is 0 Å². The number of H-pyrrole nitrogens is 2. The Morgan fingerprint density at radius 2 is 0.435 bits per heavy atom. The molecule has 2 heterocycles. The van der Waals surface area contributed by atoms with Crippen LogP contribution < -0.4 is 40.2 Å². The van der Waals surface area contributed by atoms with Gasteiger partial charge < -0.3 is 50.2 Å². The number of aromatic nitrogens is 4. The number of hydrogen-bond acceptors (Lipinski definition) is 10. The van der Waals surface area contributed by atoms with E-state index in [1.54, 1.807) is 0 Å². The lowest BCUT2D eigenvalue weighted by molar-refractivity contribution is -0.123. The number of carbonyl (C=O) groups excluding carboxylic acids is 4. The van der Waals surface area contributed by atoms with Crippen molar-refractivity contribution in [2.75, 3.05) is 52.6 Å². The van der Waals surface area contributed by atoms with Crippen molar-refractivity contribution in [3.05, 3.63) is 121 Å². The number of nitrogens with zero attached hydrogens (tertiary/aromatic N) is 2. The van der Waals surface area contributed by atoms with E-state index in [0.717, 1.165) is 96.1 Å². The highest BCUT2D eigenvalue weighted by atomic mass is 16.5. The minimum absolute atomic E-state index is 0.0719. The van der Waals surface area contributed by atoms with Crippen LogP contribution in [0.15, 0.2) is 121 Å². The molecule has 16 heteroatoms. The second kappa shape index (κ2) is 54.2. The zero-order valence-corrected chi connectivity index (χ0v) is 66.6. The van der Waals surface area contributed by atoms with Crippen molar-refractivity contribution >= 4 is 23.6 Å². The van der Waals surface area contributed by atoms with Gasteiger partial charge in [0.15, 0.2) is 26.4 Å². The van der Waals surface area contributed by atoms with Crippen LogP contribution >= 0.6 is 0 Å². The molecule has 0 bridgehead atoms. The molecular weight excluding hydrogens is 1350 g/mol. The van der Waals surface area contributed by atoms with Gasteiger partial charge in [0.1, 0.15) is 34.6 Å². The number of aromatic amines is 2. The summed E-state index contributed by atoms with van der Waals surface area (Å²) in [7, 11) is 0. The highest BCUT2D eigenvalue weighted by Crippen LogP contribution is 2.38. The van der Waals surface area contributed by atoms with Gasteiger partial charge in [-0.3, -0.25) is 19.2 Å². The largest absolute Gasteiger partial charge is 0.484 e. The van der Waals surface area contributed by atoms with E-state index in [1.807, 2.05) is 121 Å². The van der Waals surface area contributed by atoms with Crippen LogP contribution in [0.5, 0.6) is 23.0 Å². The van der Waals surface area contributed by atoms with Crippen LogP contribution in [0.4, 0.5) is 0 Å². The van der Waals surface area contributed by atoms with E-state index in [1.165, 1.54) is 205 Å². The van der Waals surface area contributed by atoms with Crippen molar-refractivity contribution in [1.82, 2.24) is 41.2 Å². The highest BCUT2D eigenvalue weighted by molar-refractivity contribution is 5.85. The van der Waals surface area contributed by atoms with Crippen LogP contribution in [0.25, 0.3) is 67.8 Å². The molecule has 7 aromatic rings. The third-order valence-corrected chi connectivity index (χ3v) is 20.3. The summed E-state index contributed by atoms with van der Waals surface area (Å²) in [6.45, 7) is 11.3. The number of carbonyl (C=O) groups is 4. The van der Waals surface area contributed by atoms with Gasteiger partial charge in [-0.1, -0.05) is 283 Å². The summed E-state index contributed by atoms with van der Waals surface area (Å²) in [4.78, 5) is 69.3. The molecule has 0 aliphatic heterocycles. The summed E-state index contributed by atoms with van der Waals surface area (Å²) in [5.41, 5.74) is 8.12. The predicted molar refractivity (Wildman–Crippen MR) is 445 cm³/mol. The Balaban J connectivity index is 1.02. The van der Waals surface area contributed by atoms with E-state index >= 15 is 0 Å². The number of unbranched alkanes of at least 4 members (excludes halogenated alkanes) is 36. The molecule has 0 atom stereocenters. The predicted octanol–water partition coefficient (Wildman–Crippen LogP) is 22.8. The molecule has 4 amide bonds. The fraction of sp³-hybridized carbons (Fsp3) is 0.565. The van der Waals surface area contributed by atoms with Crippen molar-refractivity contribution in [2.45, 2.75) is 285 Å². The lowest BCUT2D eigenvalue weighted by atomic mass is 10.0. The minimum atomic E-state index is -0.139. The summed E-state index contributed by atoms with van der Waals surface area (Å²) in [5.74, 6) is 3.05. The monoisotopic (exact) mass is 1480 g/mol. The molecule has 0 radical (unpaired) electrons. The smallest absolute Gasteiger partial charge is 0.257 e. The number of ether oxygens (including phenoxy) is 4. The Morgan fingerprint density at radius 1 is 0.250 bits per heavy atom. The standard InChI is InChI=1S/C92H134N8O8/c1-5-9-13-17-21-25-29-33-37-41-65-93-83(101)69-105-79-57-49-73(50-58-79)87-88(74-51-59-80(60-52-74)106-70-84(102)94-66-42-38-34-30-26-22-18-14-10-6-2)98-91(97-87)77-45-47-78(48-46-77)92-99-89(75-53-61-81(62-54-75)107-71-85(103)95-67-43-39-35-31-27-23-19-15-11-7-3)90(100-92)76-55-63-82(64-56-76)108-72-86(104)96-68-44-40-36-32-28-24-20-16-12-8-4/h45-64H,5-44,65-72H2,1-4H3,(H,93,101)(H,94,102)(H,95,103)(H,96,104)(H,97,98)(H,99,100). The highest BCUT2D eigenvalue weighted by Gasteiger charge is 2.20. The second-order valence-corrected chi connectivity index (χ2v) is 29.6. The fourth-order valence-corrected chi connectivity index (χ4v) is 13.7. The number of nitrogens with one attached hydrogen (secondary N) is 6. The molecular formula is C92H134N8O8. The molecule has 16 nitrogen and oxygen atoms in total. The first kappa shape index (κ1) is 86.8. The molecule has 0 saturated heterocycles. The van der Waals surface area contributed by atoms with Crippen LogP contribution in [0.3, 0.4) is 0 Å². The van der Waals surface area contributed by atoms with Gasteiger partial charge in [0.25, 0.3) is 23.6 Å². The topological polar surface area (TPSA) is 211 Å². The number of imidazole rings is 2. The summed E-state index contributed by atoms with van der Waals surface area (Å²) in [6, 6.07) is 38.8. The normalized spacial score (nSPS) is 11.2. The van der Waals surface area contributed by atoms with Gasteiger partial charge in [-0.25, -0.2) is 9.97 Å². The van der Waals surface area contributed by atoms with Gasteiger partial charge in [0, 0.05) is 59.6 Å². The molecule has 0 unspecified atom stereocenters. The van der Waals surface area contributed by atoms with E-state index < -0.39 is 0 Å². The molecule has 5 aromatic carbocycles. The Hall–Kier alpha value is -8.40. The van der Waals surface area contributed by atoms with Gasteiger partial charge in [0.2, 0.25) is 0 Å². The second-order valence-electron chi connectivity index (χ2n) is 29.6. The molecule has 0 aliphatic carbocycles. The summed E-state index contributed by atoms with van der Waals surface area (Å²) < 4.78 is 24.0. The summed E-state index contributed by atoms with van der Waals surface area (Å²) >= 11 is 0. The Labute approximate surface area is 648 Å².